The molecule has 0 saturated carbocycles. The molecule has 0 aliphatic heterocycles. The van der Waals surface area contributed by atoms with Crippen molar-refractivity contribution in [2.45, 2.75) is 13.0 Å². The molecule has 0 saturated heterocycles. The fourth-order valence-electron chi connectivity index (χ4n) is 2.68. The van der Waals surface area contributed by atoms with Crippen LogP contribution in [0.25, 0.3) is 0 Å². The molecule has 0 bridgehead atoms. The number of carbonyl (C=O) groups excluding carboxylic acids is 2. The van der Waals surface area contributed by atoms with Gasteiger partial charge in [-0.2, -0.15) is 0 Å². The quantitative estimate of drug-likeness (QED) is 0.644. The number of carbonyl (C=O) groups is 2. The molecule has 2 aromatic carbocycles. The Morgan fingerprint density at radius 1 is 0.862 bits per heavy atom. The van der Waals surface area contributed by atoms with E-state index < -0.39 is 18.5 Å². The Morgan fingerprint density at radius 3 is 2.03 bits per heavy atom. The zero-order valence-electron chi connectivity index (χ0n) is 17.1. The van der Waals surface area contributed by atoms with Crippen molar-refractivity contribution < 1.29 is 33.3 Å². The van der Waals surface area contributed by atoms with Gasteiger partial charge >= 0.3 is 5.97 Å². The van der Waals surface area contributed by atoms with Crippen molar-refractivity contribution in [1.82, 2.24) is 5.32 Å². The molecule has 1 atom stereocenters. The van der Waals surface area contributed by atoms with E-state index in [2.05, 4.69) is 5.32 Å². The van der Waals surface area contributed by atoms with E-state index in [9.17, 15) is 9.59 Å². The minimum atomic E-state index is -0.663. The van der Waals surface area contributed by atoms with Crippen molar-refractivity contribution in [2.75, 3.05) is 35.0 Å². The highest BCUT2D eigenvalue weighted by Gasteiger charge is 2.17. The molecule has 2 aromatic rings. The number of hydrogen-bond acceptors (Lipinski definition) is 7. The lowest BCUT2D eigenvalue weighted by Crippen LogP contribution is -2.31. The predicted molar refractivity (Wildman–Crippen MR) is 106 cm³/mol. The Bertz CT molecular complexity index is 844. The second-order valence-corrected chi connectivity index (χ2v) is 6.07. The normalized spacial score (nSPS) is 11.2. The van der Waals surface area contributed by atoms with Gasteiger partial charge < -0.3 is 29.0 Å². The lowest BCUT2D eigenvalue weighted by Gasteiger charge is -2.18. The molecular formula is C21H25NO7. The van der Waals surface area contributed by atoms with Gasteiger partial charge in [-0.25, -0.2) is 4.79 Å². The van der Waals surface area contributed by atoms with Crippen molar-refractivity contribution in [3.63, 3.8) is 0 Å². The molecule has 29 heavy (non-hydrogen) atoms. The summed E-state index contributed by atoms with van der Waals surface area (Å²) in [4.78, 5) is 24.5. The summed E-state index contributed by atoms with van der Waals surface area (Å²) in [6.07, 6.45) is 0. The maximum Gasteiger partial charge on any atom is 0.338 e. The molecule has 8 heteroatoms. The summed E-state index contributed by atoms with van der Waals surface area (Å²) >= 11 is 0. The third-order valence-electron chi connectivity index (χ3n) is 4.20. The molecular weight excluding hydrogens is 378 g/mol. The van der Waals surface area contributed by atoms with Crippen LogP contribution in [0.4, 0.5) is 0 Å². The number of nitrogens with one attached hydrogen (secondary N) is 1. The molecule has 0 spiro atoms. The number of ether oxygens (including phenoxy) is 5. The Labute approximate surface area is 169 Å². The predicted octanol–water partition coefficient (Wildman–Crippen LogP) is 2.76. The van der Waals surface area contributed by atoms with Crippen molar-refractivity contribution >= 4 is 11.9 Å². The van der Waals surface area contributed by atoms with Crippen LogP contribution in [0, 0.1) is 0 Å². The van der Waals surface area contributed by atoms with Crippen molar-refractivity contribution in [3.05, 3.63) is 47.5 Å². The van der Waals surface area contributed by atoms with Crippen LogP contribution in [0.5, 0.6) is 23.0 Å². The third-order valence-corrected chi connectivity index (χ3v) is 4.20. The number of esters is 1. The summed E-state index contributed by atoms with van der Waals surface area (Å²) in [5.41, 5.74) is 0.959. The van der Waals surface area contributed by atoms with Gasteiger partial charge in [-0.05, 0) is 37.3 Å². The van der Waals surface area contributed by atoms with Crippen LogP contribution < -0.4 is 24.3 Å². The summed E-state index contributed by atoms with van der Waals surface area (Å²) < 4.78 is 25.9. The minimum Gasteiger partial charge on any atom is -0.497 e. The molecule has 0 unspecified atom stereocenters. The van der Waals surface area contributed by atoms with Crippen LogP contribution in [-0.2, 0) is 9.53 Å². The molecule has 0 fully saturated rings. The van der Waals surface area contributed by atoms with Gasteiger partial charge in [0, 0.05) is 11.6 Å². The minimum absolute atomic E-state index is 0.219. The fourth-order valence-corrected chi connectivity index (χ4v) is 2.68. The van der Waals surface area contributed by atoms with Gasteiger partial charge in [0.25, 0.3) is 5.91 Å². The first-order valence-electron chi connectivity index (χ1n) is 8.83. The monoisotopic (exact) mass is 403 g/mol. The second kappa shape index (κ2) is 10.2. The highest BCUT2D eigenvalue weighted by molar-refractivity contribution is 5.92. The summed E-state index contributed by atoms with van der Waals surface area (Å²) in [5, 5.41) is 2.77. The molecule has 0 aliphatic rings. The first-order valence-corrected chi connectivity index (χ1v) is 8.83. The highest BCUT2D eigenvalue weighted by Crippen LogP contribution is 2.29. The molecule has 156 valence electrons. The van der Waals surface area contributed by atoms with E-state index in [-0.39, 0.29) is 11.6 Å². The first kappa shape index (κ1) is 21.9. The van der Waals surface area contributed by atoms with Crippen molar-refractivity contribution in [1.29, 1.82) is 0 Å². The van der Waals surface area contributed by atoms with Crippen LogP contribution in [0.2, 0.25) is 0 Å². The summed E-state index contributed by atoms with van der Waals surface area (Å²) in [6.45, 7) is 1.36. The molecule has 1 N–H and O–H groups in total. The van der Waals surface area contributed by atoms with E-state index in [0.29, 0.717) is 23.0 Å². The Kier molecular flexibility index (Phi) is 7.70. The maximum absolute atomic E-state index is 12.3. The van der Waals surface area contributed by atoms with Gasteiger partial charge in [0.1, 0.15) is 23.0 Å². The molecule has 0 radical (unpaired) electrons. The Morgan fingerprint density at radius 2 is 1.48 bits per heavy atom. The lowest BCUT2D eigenvalue weighted by atomic mass is 10.1. The first-order chi connectivity index (χ1) is 13.9. The van der Waals surface area contributed by atoms with E-state index in [1.54, 1.807) is 45.4 Å². The van der Waals surface area contributed by atoms with E-state index in [0.717, 1.165) is 5.56 Å². The number of rotatable bonds is 9. The van der Waals surface area contributed by atoms with E-state index in [1.807, 2.05) is 0 Å². The van der Waals surface area contributed by atoms with Crippen molar-refractivity contribution in [2.24, 2.45) is 0 Å². The standard InChI is InChI=1S/C21H25NO7/c1-13(18-11-15(25-2)6-7-19(18)28-5)22-20(23)12-29-21(24)14-8-16(26-3)10-17(9-14)27-4/h6-11,13H,12H2,1-5H3,(H,22,23)/t13-/m1/s1. The van der Waals surface area contributed by atoms with Crippen LogP contribution in [0.3, 0.4) is 0 Å². The van der Waals surface area contributed by atoms with Gasteiger partial charge in [0.2, 0.25) is 0 Å². The van der Waals surface area contributed by atoms with Crippen LogP contribution in [0.15, 0.2) is 36.4 Å². The molecule has 0 heterocycles. The molecule has 8 nitrogen and oxygen atoms in total. The summed E-state index contributed by atoms with van der Waals surface area (Å²) in [7, 11) is 6.06. The lowest BCUT2D eigenvalue weighted by molar-refractivity contribution is -0.124. The number of amides is 1. The number of hydrogen-bond donors (Lipinski definition) is 1. The average molecular weight is 403 g/mol. The third kappa shape index (κ3) is 5.78. The van der Waals surface area contributed by atoms with Crippen molar-refractivity contribution in [3.8, 4) is 23.0 Å². The van der Waals surface area contributed by atoms with Gasteiger partial charge in [0.15, 0.2) is 6.61 Å². The number of methoxy groups -OCH3 is 4. The van der Waals surface area contributed by atoms with Gasteiger partial charge in [-0.1, -0.05) is 0 Å². The zero-order chi connectivity index (χ0) is 21.4. The topological polar surface area (TPSA) is 92.3 Å². The second-order valence-electron chi connectivity index (χ2n) is 6.07. The highest BCUT2D eigenvalue weighted by atomic mass is 16.5. The Hall–Kier alpha value is -3.42. The largest absolute Gasteiger partial charge is 0.497 e. The van der Waals surface area contributed by atoms with E-state index >= 15 is 0 Å². The van der Waals surface area contributed by atoms with Gasteiger partial charge in [-0.3, -0.25) is 4.79 Å². The molecule has 0 aromatic heterocycles. The van der Waals surface area contributed by atoms with Crippen LogP contribution in [0.1, 0.15) is 28.9 Å². The molecule has 2 rings (SSSR count). The van der Waals surface area contributed by atoms with Gasteiger partial charge in [-0.15, -0.1) is 0 Å². The maximum atomic E-state index is 12.3. The zero-order valence-corrected chi connectivity index (χ0v) is 17.1. The average Bonchev–Trinajstić information content (AvgIpc) is 2.76. The SMILES string of the molecule is COc1cc(OC)cc(C(=O)OCC(=O)N[C@H](C)c2cc(OC)ccc2OC)c1. The van der Waals surface area contributed by atoms with Crippen LogP contribution >= 0.6 is 0 Å². The van der Waals surface area contributed by atoms with Gasteiger partial charge in [0.05, 0.1) is 40.0 Å². The molecule has 0 aliphatic carbocycles. The summed E-state index contributed by atoms with van der Waals surface area (Å²) in [6, 6.07) is 9.56. The number of benzene rings is 2. The van der Waals surface area contributed by atoms with Crippen LogP contribution in [-0.4, -0.2) is 46.9 Å². The van der Waals surface area contributed by atoms with E-state index in [4.69, 9.17) is 23.7 Å². The Balaban J connectivity index is 2.00. The summed E-state index contributed by atoms with van der Waals surface area (Å²) in [5.74, 6) is 1.02. The van der Waals surface area contributed by atoms with E-state index in [1.165, 1.54) is 26.4 Å². The smallest absolute Gasteiger partial charge is 0.338 e. The fraction of sp³-hybridized carbons (Fsp3) is 0.333. The molecule has 1 amide bonds.